The van der Waals surface area contributed by atoms with E-state index in [1.54, 1.807) is 0 Å². The topological polar surface area (TPSA) is 66.8 Å². The molecule has 6 heteroatoms. The summed E-state index contributed by atoms with van der Waals surface area (Å²) in [7, 11) is 0. The average Bonchev–Trinajstić information content (AvgIpc) is 3.17. The summed E-state index contributed by atoms with van der Waals surface area (Å²) < 4.78 is 2.14. The lowest BCUT2D eigenvalue weighted by Crippen LogP contribution is -2.30. The molecule has 6 rings (SSSR count). The standard InChI is InChI=1S/C25H25N5O/c31-25(20-8-9-20)29-13-11-17(14-29)15-30-16-27-28-24(30)19-6-4-18(5-7-19)21-2-1-3-23-22(21)10-12-26-23/h1-7,10,12,16-17,20,26H,8-9,11,13-15H2/t17-/m0/s1. The van der Waals surface area contributed by atoms with Gasteiger partial charge in [0, 0.05) is 48.2 Å². The number of fused-ring (bicyclic) bond motifs is 1. The second-order valence-corrected chi connectivity index (χ2v) is 8.84. The number of hydrogen-bond acceptors (Lipinski definition) is 3. The van der Waals surface area contributed by atoms with E-state index in [9.17, 15) is 4.79 Å². The Morgan fingerprint density at radius 1 is 1.03 bits per heavy atom. The van der Waals surface area contributed by atoms with Gasteiger partial charge in [-0.25, -0.2) is 0 Å². The molecule has 1 N–H and O–H groups in total. The molecule has 1 saturated carbocycles. The second-order valence-electron chi connectivity index (χ2n) is 8.84. The molecule has 2 fully saturated rings. The van der Waals surface area contributed by atoms with Gasteiger partial charge in [-0.05, 0) is 48.4 Å². The summed E-state index contributed by atoms with van der Waals surface area (Å²) in [6, 6.07) is 17.0. The first kappa shape index (κ1) is 18.4. The maximum atomic E-state index is 12.3. The molecule has 2 aliphatic rings. The number of H-pyrrole nitrogens is 1. The summed E-state index contributed by atoms with van der Waals surface area (Å²) in [5, 5.41) is 9.79. The Bertz CT molecular complexity index is 1230. The van der Waals surface area contributed by atoms with E-state index in [1.165, 1.54) is 16.5 Å². The van der Waals surface area contributed by atoms with Crippen LogP contribution in [-0.4, -0.2) is 43.6 Å². The van der Waals surface area contributed by atoms with Gasteiger partial charge in [-0.2, -0.15) is 0 Å². The third kappa shape index (κ3) is 3.42. The summed E-state index contributed by atoms with van der Waals surface area (Å²) in [5.74, 6) is 2.01. The second kappa shape index (κ2) is 7.38. The van der Waals surface area contributed by atoms with Gasteiger partial charge in [0.25, 0.3) is 0 Å². The fraction of sp³-hybridized carbons (Fsp3) is 0.320. The molecule has 31 heavy (non-hydrogen) atoms. The number of benzene rings is 2. The lowest BCUT2D eigenvalue weighted by atomic mass is 10.0. The number of aromatic amines is 1. The Labute approximate surface area is 180 Å². The normalized spacial score (nSPS) is 18.7. The van der Waals surface area contributed by atoms with Crippen LogP contribution in [0.4, 0.5) is 0 Å². The number of amides is 1. The molecule has 0 bridgehead atoms. The van der Waals surface area contributed by atoms with Crippen molar-refractivity contribution in [3.63, 3.8) is 0 Å². The summed E-state index contributed by atoms with van der Waals surface area (Å²) in [4.78, 5) is 17.7. The Kier molecular flexibility index (Phi) is 4.37. The Morgan fingerprint density at radius 3 is 2.71 bits per heavy atom. The van der Waals surface area contributed by atoms with E-state index < -0.39 is 0 Å². The van der Waals surface area contributed by atoms with Crippen LogP contribution in [0.5, 0.6) is 0 Å². The minimum absolute atomic E-state index is 0.305. The Hall–Kier alpha value is -3.41. The van der Waals surface area contributed by atoms with Gasteiger partial charge < -0.3 is 14.5 Å². The molecule has 156 valence electrons. The third-order valence-electron chi connectivity index (χ3n) is 6.64. The number of aromatic nitrogens is 4. The molecule has 1 atom stereocenters. The van der Waals surface area contributed by atoms with Crippen LogP contribution in [0.15, 0.2) is 61.1 Å². The van der Waals surface area contributed by atoms with Crippen LogP contribution in [0.1, 0.15) is 19.3 Å². The largest absolute Gasteiger partial charge is 0.361 e. The summed E-state index contributed by atoms with van der Waals surface area (Å²) in [6.45, 7) is 2.59. The van der Waals surface area contributed by atoms with Crippen LogP contribution in [0.2, 0.25) is 0 Å². The average molecular weight is 412 g/mol. The fourth-order valence-corrected chi connectivity index (χ4v) is 4.80. The van der Waals surface area contributed by atoms with Crippen molar-refractivity contribution in [2.24, 2.45) is 11.8 Å². The van der Waals surface area contributed by atoms with E-state index in [1.807, 2.05) is 12.5 Å². The van der Waals surface area contributed by atoms with Gasteiger partial charge in [-0.1, -0.05) is 36.4 Å². The van der Waals surface area contributed by atoms with Crippen LogP contribution in [0.3, 0.4) is 0 Å². The van der Waals surface area contributed by atoms with E-state index in [4.69, 9.17) is 0 Å². The van der Waals surface area contributed by atoms with E-state index in [2.05, 4.69) is 73.2 Å². The molecule has 4 aromatic rings. The van der Waals surface area contributed by atoms with Gasteiger partial charge in [0.2, 0.25) is 5.91 Å². The predicted octanol–water partition coefficient (Wildman–Crippen LogP) is 4.35. The molecule has 1 aliphatic heterocycles. The number of nitrogens with one attached hydrogen (secondary N) is 1. The monoisotopic (exact) mass is 411 g/mol. The predicted molar refractivity (Wildman–Crippen MR) is 120 cm³/mol. The molecule has 3 heterocycles. The maximum Gasteiger partial charge on any atom is 0.225 e. The minimum atomic E-state index is 0.305. The van der Waals surface area contributed by atoms with Crippen molar-refractivity contribution in [3.8, 4) is 22.5 Å². The molecule has 2 aromatic carbocycles. The van der Waals surface area contributed by atoms with Crippen molar-refractivity contribution in [2.45, 2.75) is 25.8 Å². The Morgan fingerprint density at radius 2 is 1.87 bits per heavy atom. The third-order valence-corrected chi connectivity index (χ3v) is 6.64. The summed E-state index contributed by atoms with van der Waals surface area (Å²) in [6.07, 6.45) is 6.99. The van der Waals surface area contributed by atoms with Crippen molar-refractivity contribution in [1.29, 1.82) is 0 Å². The first-order chi connectivity index (χ1) is 15.3. The van der Waals surface area contributed by atoms with Crippen molar-refractivity contribution >= 4 is 16.8 Å². The van der Waals surface area contributed by atoms with E-state index >= 15 is 0 Å². The molecular weight excluding hydrogens is 386 g/mol. The molecule has 1 amide bonds. The molecule has 2 aromatic heterocycles. The van der Waals surface area contributed by atoms with Gasteiger partial charge in [-0.3, -0.25) is 4.79 Å². The number of nitrogens with zero attached hydrogens (tertiary/aromatic N) is 4. The lowest BCUT2D eigenvalue weighted by Gasteiger charge is -2.17. The first-order valence-corrected chi connectivity index (χ1v) is 11.1. The molecule has 1 aliphatic carbocycles. The number of rotatable bonds is 5. The van der Waals surface area contributed by atoms with E-state index in [0.29, 0.717) is 17.7 Å². The highest BCUT2D eigenvalue weighted by Gasteiger charge is 2.36. The highest BCUT2D eigenvalue weighted by molar-refractivity contribution is 5.95. The van der Waals surface area contributed by atoms with Crippen molar-refractivity contribution in [1.82, 2.24) is 24.6 Å². The number of hydrogen-bond donors (Lipinski definition) is 1. The van der Waals surface area contributed by atoms with Crippen LogP contribution in [-0.2, 0) is 11.3 Å². The zero-order valence-electron chi connectivity index (χ0n) is 17.4. The van der Waals surface area contributed by atoms with Crippen molar-refractivity contribution < 1.29 is 4.79 Å². The minimum Gasteiger partial charge on any atom is -0.361 e. The van der Waals surface area contributed by atoms with Gasteiger partial charge in [0.15, 0.2) is 5.82 Å². The van der Waals surface area contributed by atoms with E-state index in [0.717, 1.165) is 55.8 Å². The molecule has 1 saturated heterocycles. The van der Waals surface area contributed by atoms with Crippen LogP contribution in [0.25, 0.3) is 33.4 Å². The molecular formula is C25H25N5O. The maximum absolute atomic E-state index is 12.3. The SMILES string of the molecule is O=C(C1CC1)N1CC[C@H](Cn2cnnc2-c2ccc(-c3cccc4[nH]ccc34)cc2)C1. The summed E-state index contributed by atoms with van der Waals surface area (Å²) in [5.41, 5.74) is 4.61. The summed E-state index contributed by atoms with van der Waals surface area (Å²) >= 11 is 0. The zero-order valence-corrected chi connectivity index (χ0v) is 17.4. The quantitative estimate of drug-likeness (QED) is 0.531. The highest BCUT2D eigenvalue weighted by atomic mass is 16.2. The Balaban J connectivity index is 1.20. The zero-order chi connectivity index (χ0) is 20.8. The van der Waals surface area contributed by atoms with Gasteiger partial charge >= 0.3 is 0 Å². The molecule has 6 nitrogen and oxygen atoms in total. The van der Waals surface area contributed by atoms with Crippen molar-refractivity contribution in [3.05, 3.63) is 61.1 Å². The first-order valence-electron chi connectivity index (χ1n) is 11.1. The van der Waals surface area contributed by atoms with Gasteiger partial charge in [0.1, 0.15) is 6.33 Å². The van der Waals surface area contributed by atoms with Crippen LogP contribution >= 0.6 is 0 Å². The molecule has 0 unspecified atom stereocenters. The van der Waals surface area contributed by atoms with E-state index in [-0.39, 0.29) is 0 Å². The fourth-order valence-electron chi connectivity index (χ4n) is 4.80. The van der Waals surface area contributed by atoms with Crippen LogP contribution in [0, 0.1) is 11.8 Å². The smallest absolute Gasteiger partial charge is 0.225 e. The van der Waals surface area contributed by atoms with Crippen molar-refractivity contribution in [2.75, 3.05) is 13.1 Å². The number of likely N-dealkylation sites (tertiary alicyclic amines) is 1. The highest BCUT2D eigenvalue weighted by Crippen LogP contribution is 2.34. The van der Waals surface area contributed by atoms with Gasteiger partial charge in [-0.15, -0.1) is 10.2 Å². The number of carbonyl (C=O) groups excluding carboxylic acids is 1. The number of carbonyl (C=O) groups is 1. The van der Waals surface area contributed by atoms with Crippen LogP contribution < -0.4 is 0 Å². The molecule has 0 radical (unpaired) electrons. The van der Waals surface area contributed by atoms with Gasteiger partial charge in [0.05, 0.1) is 0 Å². The molecule has 0 spiro atoms. The lowest BCUT2D eigenvalue weighted by molar-refractivity contribution is -0.131.